The van der Waals surface area contributed by atoms with Crippen LogP contribution in [0, 0.1) is 0 Å². The van der Waals surface area contributed by atoms with Crippen LogP contribution in [0.1, 0.15) is 73.0 Å². The molecule has 2 aromatic heterocycles. The van der Waals surface area contributed by atoms with Crippen molar-refractivity contribution in [3.63, 3.8) is 0 Å². The summed E-state index contributed by atoms with van der Waals surface area (Å²) in [6, 6.07) is 12.8. The van der Waals surface area contributed by atoms with Crippen LogP contribution in [0.2, 0.25) is 0 Å². The Bertz CT molecular complexity index is 1590. The average Bonchev–Trinajstić information content (AvgIpc) is 3.50. The van der Waals surface area contributed by atoms with E-state index in [1.165, 1.54) is 6.07 Å². The number of anilines is 1. The van der Waals surface area contributed by atoms with Gasteiger partial charge in [-0.2, -0.15) is 8.78 Å². The van der Waals surface area contributed by atoms with E-state index in [9.17, 15) is 13.6 Å². The molecular formula is C31H31F2N3O5S. The molecule has 3 aliphatic rings. The number of alkyl halides is 2. The van der Waals surface area contributed by atoms with E-state index in [-0.39, 0.29) is 23.7 Å². The number of rotatable bonds is 10. The van der Waals surface area contributed by atoms with E-state index in [0.29, 0.717) is 42.1 Å². The summed E-state index contributed by atoms with van der Waals surface area (Å²) in [5.74, 6) is 0.822. The van der Waals surface area contributed by atoms with Crippen LogP contribution in [0.3, 0.4) is 0 Å². The zero-order valence-corrected chi connectivity index (χ0v) is 23.9. The average molecular weight is 596 g/mol. The minimum atomic E-state index is -2.93. The van der Waals surface area contributed by atoms with Crippen LogP contribution in [0.25, 0.3) is 21.5 Å². The van der Waals surface area contributed by atoms with Crippen molar-refractivity contribution in [3.8, 4) is 17.0 Å². The number of carbonyl (C=O) groups excluding carboxylic acids is 1. The Kier molecular flexibility index (Phi) is 7.31. The number of aromatic nitrogens is 2. The normalized spacial score (nSPS) is 21.8. The van der Waals surface area contributed by atoms with Gasteiger partial charge in [0, 0.05) is 29.1 Å². The number of esters is 1. The van der Waals surface area contributed by atoms with Crippen molar-refractivity contribution in [1.29, 1.82) is 0 Å². The Labute approximate surface area is 245 Å². The number of nitrogens with zero attached hydrogens (tertiary/aromatic N) is 3. The van der Waals surface area contributed by atoms with E-state index < -0.39 is 6.61 Å². The molecule has 2 aliphatic heterocycles. The van der Waals surface area contributed by atoms with Gasteiger partial charge in [-0.1, -0.05) is 28.6 Å². The predicted molar refractivity (Wildman–Crippen MR) is 153 cm³/mol. The second-order valence-corrected chi connectivity index (χ2v) is 12.1. The molecule has 2 atom stereocenters. The van der Waals surface area contributed by atoms with Crippen LogP contribution in [0.5, 0.6) is 5.75 Å². The van der Waals surface area contributed by atoms with Gasteiger partial charge in [-0.05, 0) is 75.8 Å². The van der Waals surface area contributed by atoms with Gasteiger partial charge < -0.3 is 23.6 Å². The fourth-order valence-electron chi connectivity index (χ4n) is 6.34. The Hall–Kier alpha value is -3.57. The SMILES string of the molecule is CCOC(=O)c1ccc2nc(N3C4CCC3CC(OCc3c(-c5ccccc5OC(F)F)noc3C3CC3)C4)sc2c1. The monoisotopic (exact) mass is 595 g/mol. The fraction of sp³-hybridized carbons (Fsp3) is 0.452. The number of benzene rings is 2. The molecular weight excluding hydrogens is 564 g/mol. The summed E-state index contributed by atoms with van der Waals surface area (Å²) in [6.07, 6.45) is 5.95. The first-order valence-electron chi connectivity index (χ1n) is 14.5. The van der Waals surface area contributed by atoms with E-state index in [0.717, 1.165) is 65.2 Å². The number of para-hydroxylation sites is 1. The smallest absolute Gasteiger partial charge is 0.387 e. The third-order valence-corrected chi connectivity index (χ3v) is 9.42. The molecule has 7 rings (SSSR count). The highest BCUT2D eigenvalue weighted by Gasteiger charge is 2.43. The molecule has 2 aromatic carbocycles. The minimum absolute atomic E-state index is 0.0471. The van der Waals surface area contributed by atoms with Crippen molar-refractivity contribution < 1.29 is 32.3 Å². The highest BCUT2D eigenvalue weighted by atomic mass is 32.1. The van der Waals surface area contributed by atoms with Crippen molar-refractivity contribution in [2.24, 2.45) is 0 Å². The molecule has 1 aliphatic carbocycles. The molecule has 2 unspecified atom stereocenters. The summed E-state index contributed by atoms with van der Waals surface area (Å²) < 4.78 is 49.4. The molecule has 8 nitrogen and oxygen atoms in total. The maximum atomic E-state index is 13.1. The van der Waals surface area contributed by atoms with Gasteiger partial charge in [-0.3, -0.25) is 0 Å². The van der Waals surface area contributed by atoms with Gasteiger partial charge in [0.2, 0.25) is 0 Å². The number of fused-ring (bicyclic) bond motifs is 3. The van der Waals surface area contributed by atoms with Gasteiger partial charge in [-0.25, -0.2) is 9.78 Å². The van der Waals surface area contributed by atoms with Crippen molar-refractivity contribution in [1.82, 2.24) is 10.1 Å². The Morgan fingerprint density at radius 1 is 1.12 bits per heavy atom. The summed E-state index contributed by atoms with van der Waals surface area (Å²) in [7, 11) is 0. The zero-order chi connectivity index (χ0) is 28.8. The van der Waals surface area contributed by atoms with E-state index in [1.54, 1.807) is 42.5 Å². The predicted octanol–water partition coefficient (Wildman–Crippen LogP) is 7.32. The lowest BCUT2D eigenvalue weighted by atomic mass is 10.00. The summed E-state index contributed by atoms with van der Waals surface area (Å²) >= 11 is 1.61. The number of thiazole rings is 1. The number of hydrogen-bond acceptors (Lipinski definition) is 9. The van der Waals surface area contributed by atoms with Crippen molar-refractivity contribution in [3.05, 3.63) is 59.4 Å². The largest absolute Gasteiger partial charge is 0.462 e. The van der Waals surface area contributed by atoms with E-state index >= 15 is 0 Å². The number of carbonyl (C=O) groups is 1. The minimum Gasteiger partial charge on any atom is -0.462 e. The highest BCUT2D eigenvalue weighted by molar-refractivity contribution is 7.22. The molecule has 1 saturated carbocycles. The van der Waals surface area contributed by atoms with Gasteiger partial charge in [0.15, 0.2) is 5.13 Å². The molecule has 2 bridgehead atoms. The quantitative estimate of drug-likeness (QED) is 0.176. The second kappa shape index (κ2) is 11.3. The van der Waals surface area contributed by atoms with Crippen LogP contribution < -0.4 is 9.64 Å². The Morgan fingerprint density at radius 3 is 2.64 bits per heavy atom. The van der Waals surface area contributed by atoms with Crippen LogP contribution in [-0.2, 0) is 16.1 Å². The first kappa shape index (κ1) is 27.3. The molecule has 3 fully saturated rings. The van der Waals surface area contributed by atoms with Crippen LogP contribution >= 0.6 is 11.3 Å². The standard InChI is InChI=1S/C31H31F2N3O5S/c1-2-38-29(37)18-9-12-24-26(13-18)42-31(34-24)36-19-10-11-20(36)15-21(14-19)39-16-23-27(35-41-28(23)17-7-8-17)22-5-3-4-6-25(22)40-30(32)33/h3-6,9,12-13,17,19-21,30H,2,7-8,10-11,14-16H2,1H3. The molecule has 11 heteroatoms. The molecule has 0 radical (unpaired) electrons. The zero-order valence-electron chi connectivity index (χ0n) is 23.1. The molecule has 0 N–H and O–H groups in total. The molecule has 2 saturated heterocycles. The summed E-state index contributed by atoms with van der Waals surface area (Å²) in [6.45, 7) is -0.496. The van der Waals surface area contributed by atoms with Gasteiger partial charge in [0.1, 0.15) is 17.2 Å². The van der Waals surface area contributed by atoms with Gasteiger partial charge in [0.05, 0.1) is 35.1 Å². The second-order valence-electron chi connectivity index (χ2n) is 11.1. The van der Waals surface area contributed by atoms with Crippen molar-refractivity contribution in [2.75, 3.05) is 11.5 Å². The van der Waals surface area contributed by atoms with E-state index in [2.05, 4.69) is 10.1 Å². The first-order chi connectivity index (χ1) is 20.5. The lowest BCUT2D eigenvalue weighted by Crippen LogP contribution is -2.45. The van der Waals surface area contributed by atoms with Gasteiger partial charge in [0.25, 0.3) is 0 Å². The van der Waals surface area contributed by atoms with E-state index in [1.807, 2.05) is 12.1 Å². The number of ether oxygens (including phenoxy) is 3. The number of halogens is 2. The number of hydrogen-bond donors (Lipinski definition) is 0. The maximum Gasteiger partial charge on any atom is 0.387 e. The van der Waals surface area contributed by atoms with Crippen molar-refractivity contribution in [2.45, 2.75) is 82.8 Å². The van der Waals surface area contributed by atoms with E-state index in [4.69, 9.17) is 23.7 Å². The van der Waals surface area contributed by atoms with Crippen LogP contribution in [0.15, 0.2) is 47.0 Å². The molecule has 220 valence electrons. The molecule has 0 spiro atoms. The lowest BCUT2D eigenvalue weighted by molar-refractivity contribution is -0.0494. The summed E-state index contributed by atoms with van der Waals surface area (Å²) in [4.78, 5) is 19.6. The lowest BCUT2D eigenvalue weighted by Gasteiger charge is -2.38. The third-order valence-electron chi connectivity index (χ3n) is 8.39. The Morgan fingerprint density at radius 2 is 1.90 bits per heavy atom. The molecule has 0 amide bonds. The maximum absolute atomic E-state index is 13.1. The molecule has 4 heterocycles. The Balaban J connectivity index is 1.08. The highest BCUT2D eigenvalue weighted by Crippen LogP contribution is 2.47. The summed E-state index contributed by atoms with van der Waals surface area (Å²) in [5.41, 5.74) is 3.22. The van der Waals surface area contributed by atoms with Crippen LogP contribution in [0.4, 0.5) is 13.9 Å². The molecule has 42 heavy (non-hydrogen) atoms. The molecule has 4 aromatic rings. The summed E-state index contributed by atoms with van der Waals surface area (Å²) in [5, 5.41) is 5.27. The van der Waals surface area contributed by atoms with Crippen molar-refractivity contribution >= 4 is 32.7 Å². The van der Waals surface area contributed by atoms with Crippen LogP contribution in [-0.4, -0.2) is 47.5 Å². The number of piperidine rings is 1. The van der Waals surface area contributed by atoms with Gasteiger partial charge in [-0.15, -0.1) is 0 Å². The topological polar surface area (TPSA) is 86.9 Å². The van der Waals surface area contributed by atoms with Gasteiger partial charge >= 0.3 is 12.6 Å². The first-order valence-corrected chi connectivity index (χ1v) is 15.3. The third kappa shape index (κ3) is 5.24. The fourth-order valence-corrected chi connectivity index (χ4v) is 7.49.